The van der Waals surface area contributed by atoms with Gasteiger partial charge in [-0.05, 0) is 24.2 Å². The Bertz CT molecular complexity index is 307. The smallest absolute Gasteiger partial charge is 0.0897 e. The largest absolute Gasteiger partial charge is 0.389 e. The average Bonchev–Trinajstić information content (AvgIpc) is 2.26. The zero-order valence-electron chi connectivity index (χ0n) is 9.45. The summed E-state index contributed by atoms with van der Waals surface area (Å²) in [6.07, 6.45) is -0.459. The van der Waals surface area contributed by atoms with Crippen LogP contribution in [0.15, 0.2) is 24.3 Å². The van der Waals surface area contributed by atoms with Crippen molar-refractivity contribution in [1.29, 1.82) is 0 Å². The Kier molecular flexibility index (Phi) is 6.42. The lowest BCUT2D eigenvalue weighted by atomic mass is 10.2. The Morgan fingerprint density at radius 2 is 2.31 bits per heavy atom. The van der Waals surface area contributed by atoms with Crippen LogP contribution < -0.4 is 5.32 Å². The van der Waals surface area contributed by atoms with E-state index in [0.717, 1.165) is 12.1 Å². The van der Waals surface area contributed by atoms with Gasteiger partial charge in [0.05, 0.1) is 19.3 Å². The van der Waals surface area contributed by atoms with E-state index >= 15 is 0 Å². The topological polar surface area (TPSA) is 41.5 Å². The minimum atomic E-state index is -0.459. The van der Waals surface area contributed by atoms with E-state index in [4.69, 9.17) is 16.3 Å². The second-order valence-corrected chi connectivity index (χ2v) is 4.04. The summed E-state index contributed by atoms with van der Waals surface area (Å²) in [6.45, 7) is 4.22. The molecule has 0 aliphatic rings. The number of halogens is 1. The number of likely N-dealkylation sites (N-methyl/N-ethyl adjacent to an activating group) is 1. The number of hydrogen-bond acceptors (Lipinski definition) is 3. The van der Waals surface area contributed by atoms with E-state index in [2.05, 4.69) is 5.32 Å². The van der Waals surface area contributed by atoms with Crippen LogP contribution in [0.2, 0.25) is 5.02 Å². The molecule has 1 unspecified atom stereocenters. The minimum Gasteiger partial charge on any atom is -0.389 e. The van der Waals surface area contributed by atoms with Gasteiger partial charge >= 0.3 is 0 Å². The molecular weight excluding hydrogens is 226 g/mol. The van der Waals surface area contributed by atoms with Crippen LogP contribution in [-0.2, 0) is 11.3 Å². The monoisotopic (exact) mass is 243 g/mol. The fourth-order valence-corrected chi connectivity index (χ4v) is 1.52. The van der Waals surface area contributed by atoms with Crippen molar-refractivity contribution in [1.82, 2.24) is 5.32 Å². The second kappa shape index (κ2) is 7.63. The third-order valence-corrected chi connectivity index (χ3v) is 2.33. The molecule has 3 nitrogen and oxygen atoms in total. The molecule has 4 heteroatoms. The molecule has 16 heavy (non-hydrogen) atoms. The molecule has 0 saturated carbocycles. The van der Waals surface area contributed by atoms with Gasteiger partial charge in [0.2, 0.25) is 0 Å². The molecule has 1 aromatic rings. The van der Waals surface area contributed by atoms with Crippen LogP contribution in [0, 0.1) is 0 Å². The van der Waals surface area contributed by atoms with Gasteiger partial charge in [-0.15, -0.1) is 0 Å². The lowest BCUT2D eigenvalue weighted by Crippen LogP contribution is -2.30. The molecule has 1 atom stereocenters. The lowest BCUT2D eigenvalue weighted by molar-refractivity contribution is 0.0291. The van der Waals surface area contributed by atoms with Crippen LogP contribution in [0.4, 0.5) is 0 Å². The Labute approximate surface area is 101 Å². The normalized spacial score (nSPS) is 12.7. The molecule has 0 fully saturated rings. The maximum Gasteiger partial charge on any atom is 0.0897 e. The fourth-order valence-electron chi connectivity index (χ4n) is 1.31. The predicted octanol–water partition coefficient (Wildman–Crippen LogP) is 1.83. The first-order valence-electron chi connectivity index (χ1n) is 5.43. The van der Waals surface area contributed by atoms with Crippen molar-refractivity contribution in [3.8, 4) is 0 Å². The highest BCUT2D eigenvalue weighted by Crippen LogP contribution is 2.11. The molecule has 90 valence electrons. The first kappa shape index (κ1) is 13.5. The van der Waals surface area contributed by atoms with E-state index in [9.17, 15) is 5.11 Å². The predicted molar refractivity (Wildman–Crippen MR) is 65.7 cm³/mol. The molecule has 0 saturated heterocycles. The Morgan fingerprint density at radius 1 is 1.50 bits per heavy atom. The van der Waals surface area contributed by atoms with Crippen molar-refractivity contribution in [2.24, 2.45) is 0 Å². The maximum absolute atomic E-state index is 9.50. The van der Waals surface area contributed by atoms with E-state index in [1.54, 1.807) is 0 Å². The molecule has 1 rings (SSSR count). The van der Waals surface area contributed by atoms with Crippen molar-refractivity contribution in [2.45, 2.75) is 19.6 Å². The number of aliphatic hydroxyl groups excluding tert-OH is 1. The summed E-state index contributed by atoms with van der Waals surface area (Å²) in [7, 11) is 0. The first-order valence-corrected chi connectivity index (χ1v) is 5.81. The number of rotatable bonds is 7. The quantitative estimate of drug-likeness (QED) is 0.768. The van der Waals surface area contributed by atoms with Crippen LogP contribution >= 0.6 is 11.6 Å². The van der Waals surface area contributed by atoms with Gasteiger partial charge < -0.3 is 15.2 Å². The molecule has 1 aromatic carbocycles. The number of hydrogen-bond donors (Lipinski definition) is 2. The summed E-state index contributed by atoms with van der Waals surface area (Å²) in [6, 6.07) is 7.52. The Morgan fingerprint density at radius 3 is 3.00 bits per heavy atom. The van der Waals surface area contributed by atoms with Crippen LogP contribution in [0.3, 0.4) is 0 Å². The number of ether oxygens (including phenoxy) is 1. The lowest BCUT2D eigenvalue weighted by Gasteiger charge is -2.11. The van der Waals surface area contributed by atoms with Crippen molar-refractivity contribution in [2.75, 3.05) is 19.7 Å². The highest BCUT2D eigenvalue weighted by Gasteiger charge is 2.03. The molecule has 0 aliphatic heterocycles. The SMILES string of the molecule is CCNCC(O)COCc1cccc(Cl)c1. The van der Waals surface area contributed by atoms with Crippen molar-refractivity contribution < 1.29 is 9.84 Å². The van der Waals surface area contributed by atoms with Gasteiger partial charge in [-0.3, -0.25) is 0 Å². The number of benzene rings is 1. The van der Waals surface area contributed by atoms with Crippen LogP contribution in [-0.4, -0.2) is 30.9 Å². The molecule has 0 amide bonds. The van der Waals surface area contributed by atoms with E-state index in [1.807, 2.05) is 31.2 Å². The average molecular weight is 244 g/mol. The van der Waals surface area contributed by atoms with Crippen LogP contribution in [0.1, 0.15) is 12.5 Å². The Hall–Kier alpha value is -0.610. The third kappa shape index (κ3) is 5.47. The van der Waals surface area contributed by atoms with Gasteiger partial charge in [0, 0.05) is 11.6 Å². The summed E-state index contributed by atoms with van der Waals surface area (Å²) in [4.78, 5) is 0. The van der Waals surface area contributed by atoms with Gasteiger partial charge in [-0.2, -0.15) is 0 Å². The van der Waals surface area contributed by atoms with Gasteiger partial charge in [-0.1, -0.05) is 30.7 Å². The first-order chi connectivity index (χ1) is 7.72. The fraction of sp³-hybridized carbons (Fsp3) is 0.500. The standard InChI is InChI=1S/C12H18ClNO2/c1-2-14-7-12(15)9-16-8-10-4-3-5-11(13)6-10/h3-6,12,14-15H,2,7-9H2,1H3. The van der Waals surface area contributed by atoms with E-state index < -0.39 is 6.10 Å². The number of aliphatic hydroxyl groups is 1. The van der Waals surface area contributed by atoms with Crippen molar-refractivity contribution in [3.63, 3.8) is 0 Å². The zero-order valence-corrected chi connectivity index (χ0v) is 10.2. The van der Waals surface area contributed by atoms with Gasteiger partial charge in [0.15, 0.2) is 0 Å². The molecule has 0 spiro atoms. The highest BCUT2D eigenvalue weighted by atomic mass is 35.5. The summed E-state index contributed by atoms with van der Waals surface area (Å²) < 4.78 is 5.38. The molecule has 0 radical (unpaired) electrons. The maximum atomic E-state index is 9.50. The molecule has 0 bridgehead atoms. The molecule has 0 aliphatic carbocycles. The van der Waals surface area contributed by atoms with Gasteiger partial charge in [0.25, 0.3) is 0 Å². The minimum absolute atomic E-state index is 0.333. The van der Waals surface area contributed by atoms with Crippen molar-refractivity contribution in [3.05, 3.63) is 34.9 Å². The van der Waals surface area contributed by atoms with E-state index in [0.29, 0.717) is 24.8 Å². The van der Waals surface area contributed by atoms with Gasteiger partial charge in [-0.25, -0.2) is 0 Å². The van der Waals surface area contributed by atoms with E-state index in [1.165, 1.54) is 0 Å². The summed E-state index contributed by atoms with van der Waals surface area (Å²) >= 11 is 5.84. The summed E-state index contributed by atoms with van der Waals surface area (Å²) in [5.74, 6) is 0. The third-order valence-electron chi connectivity index (χ3n) is 2.10. The summed E-state index contributed by atoms with van der Waals surface area (Å²) in [5.41, 5.74) is 1.02. The van der Waals surface area contributed by atoms with Crippen molar-refractivity contribution >= 4 is 11.6 Å². The summed E-state index contributed by atoms with van der Waals surface area (Å²) in [5, 5.41) is 13.3. The molecule has 0 aromatic heterocycles. The van der Waals surface area contributed by atoms with Gasteiger partial charge in [0.1, 0.15) is 0 Å². The molecule has 2 N–H and O–H groups in total. The number of nitrogens with one attached hydrogen (secondary N) is 1. The second-order valence-electron chi connectivity index (χ2n) is 3.61. The van der Waals surface area contributed by atoms with E-state index in [-0.39, 0.29) is 0 Å². The molecule has 0 heterocycles. The Balaban J connectivity index is 2.20. The molecular formula is C12H18ClNO2. The zero-order chi connectivity index (χ0) is 11.8. The van der Waals surface area contributed by atoms with Crippen LogP contribution in [0.25, 0.3) is 0 Å². The highest BCUT2D eigenvalue weighted by molar-refractivity contribution is 6.30. The van der Waals surface area contributed by atoms with Crippen LogP contribution in [0.5, 0.6) is 0 Å².